The predicted molar refractivity (Wildman–Crippen MR) is 267 cm³/mol. The van der Waals surface area contributed by atoms with Gasteiger partial charge < -0.3 is 9.30 Å². The third kappa shape index (κ3) is 7.98. The molecule has 3 heterocycles. The van der Waals surface area contributed by atoms with Crippen LogP contribution >= 0.6 is 0 Å². The number of nitriles is 1. The Bertz CT molecular complexity index is 3490. The molecule has 9 aromatic rings. The SMILES string of the molecule is CC(C)(C)c1cc([N+]2=C=[N+](c3[c-]c(Oc4[c-]c5c(cc4)c4cc(C#N)ccc4n5-c4cc(C(C)(C)C)ccn4)ccc3)c3cccc(-c4cccc5ccccc45)c32)cc(C(C)(C)C)c1.[Pt+2]. The maximum absolute atomic E-state index is 9.83. The monoisotopic (exact) mass is 1040 g/mol. The van der Waals surface area contributed by atoms with Crippen LogP contribution in [0.4, 0.5) is 22.7 Å². The number of pyridine rings is 1. The van der Waals surface area contributed by atoms with Crippen molar-refractivity contribution in [1.29, 1.82) is 5.26 Å². The van der Waals surface area contributed by atoms with Gasteiger partial charge in [0.1, 0.15) is 11.5 Å². The van der Waals surface area contributed by atoms with Gasteiger partial charge in [-0.2, -0.15) is 17.4 Å². The summed E-state index contributed by atoms with van der Waals surface area (Å²) in [5, 5.41) is 14.1. The molecular weight excluding hydrogens is 990 g/mol. The number of hydrogen-bond acceptors (Lipinski definition) is 3. The molecule has 66 heavy (non-hydrogen) atoms. The van der Waals surface area contributed by atoms with E-state index in [-0.39, 0.29) is 37.3 Å². The number of hydrogen-bond donors (Lipinski definition) is 0. The van der Waals surface area contributed by atoms with E-state index in [4.69, 9.17) is 9.72 Å². The van der Waals surface area contributed by atoms with Crippen LogP contribution in [0.15, 0.2) is 146 Å². The molecule has 0 atom stereocenters. The number of aromatic nitrogens is 2. The molecule has 7 heteroatoms. The van der Waals surface area contributed by atoms with Gasteiger partial charge in [0.15, 0.2) is 0 Å². The second-order valence-electron chi connectivity index (χ2n) is 20.2. The molecule has 6 nitrogen and oxygen atoms in total. The fourth-order valence-electron chi connectivity index (χ4n) is 8.85. The Labute approximate surface area is 402 Å². The average molecular weight is 1040 g/mol. The molecule has 0 amide bonds. The van der Waals surface area contributed by atoms with E-state index in [0.717, 1.165) is 61.5 Å². The van der Waals surface area contributed by atoms with E-state index in [0.29, 0.717) is 17.1 Å². The number of benzene rings is 7. The van der Waals surface area contributed by atoms with Crippen molar-refractivity contribution >= 4 is 61.3 Å². The molecule has 0 spiro atoms. The van der Waals surface area contributed by atoms with Gasteiger partial charge in [0.05, 0.1) is 17.2 Å². The molecule has 7 aromatic carbocycles. The Balaban J connectivity index is 0.00000548. The summed E-state index contributed by atoms with van der Waals surface area (Å²) in [6.07, 6.45) is 1.86. The van der Waals surface area contributed by atoms with Crippen molar-refractivity contribution in [2.75, 3.05) is 0 Å². The molecule has 0 saturated heterocycles. The average Bonchev–Trinajstić information content (AvgIpc) is 3.84. The van der Waals surface area contributed by atoms with E-state index in [2.05, 4.69) is 197 Å². The van der Waals surface area contributed by atoms with Gasteiger partial charge in [-0.15, -0.1) is 23.6 Å². The number of ether oxygens (including phenoxy) is 1. The van der Waals surface area contributed by atoms with E-state index in [1.165, 1.54) is 27.5 Å². The first kappa shape index (κ1) is 44.3. The van der Waals surface area contributed by atoms with Crippen LogP contribution in [-0.2, 0) is 37.3 Å². The molecule has 0 saturated carbocycles. The van der Waals surface area contributed by atoms with Crippen LogP contribution in [0.1, 0.15) is 84.6 Å². The van der Waals surface area contributed by atoms with Gasteiger partial charge in [0.2, 0.25) is 5.69 Å². The van der Waals surface area contributed by atoms with Gasteiger partial charge >= 0.3 is 32.8 Å². The van der Waals surface area contributed by atoms with Crippen molar-refractivity contribution in [2.24, 2.45) is 0 Å². The molecule has 2 aromatic heterocycles. The normalized spacial score (nSPS) is 12.7. The zero-order valence-corrected chi connectivity index (χ0v) is 41.1. The summed E-state index contributed by atoms with van der Waals surface area (Å²) in [6, 6.07) is 61.9. The Hall–Kier alpha value is -6.89. The second-order valence-corrected chi connectivity index (χ2v) is 20.2. The van der Waals surface area contributed by atoms with Gasteiger partial charge in [0, 0.05) is 41.4 Å². The smallest absolute Gasteiger partial charge is 0.509 e. The first-order valence-electron chi connectivity index (χ1n) is 22.3. The standard InChI is InChI=1S/C59H51N5O.Pt/c1-57(2,3)40-27-28-61-55(33-40)64-52-26-23-38(36-60)29-51(52)49-25-24-46(35-54(49)64)65-45-18-13-17-43(34-45)62-37-63(44-31-41(58(4,5)6)30-42(32-44)59(7,8)9)56-50(21-14-22-53(56)62)48-20-12-16-39-15-10-11-19-47(39)48;/h10-33H,1-9H3;/q;+2. The van der Waals surface area contributed by atoms with Gasteiger partial charge in [-0.25, -0.2) is 4.98 Å². The molecule has 10 rings (SSSR count). The van der Waals surface area contributed by atoms with E-state index in [9.17, 15) is 5.26 Å². The van der Waals surface area contributed by atoms with Crippen molar-refractivity contribution in [3.63, 3.8) is 0 Å². The van der Waals surface area contributed by atoms with Crippen LogP contribution in [0.5, 0.6) is 11.5 Å². The van der Waals surface area contributed by atoms with E-state index >= 15 is 0 Å². The quantitative estimate of drug-likeness (QED) is 0.123. The largest absolute Gasteiger partial charge is 2.00 e. The molecule has 0 aliphatic carbocycles. The third-order valence-corrected chi connectivity index (χ3v) is 12.5. The summed E-state index contributed by atoms with van der Waals surface area (Å²) >= 11 is 0. The molecular formula is C59H51N5OPt+2. The summed E-state index contributed by atoms with van der Waals surface area (Å²) in [5.41, 5.74) is 12.0. The molecule has 1 aliphatic rings. The molecule has 1 aliphatic heterocycles. The fraction of sp³-hybridized carbons (Fsp3) is 0.203. The van der Waals surface area contributed by atoms with Crippen molar-refractivity contribution in [2.45, 2.75) is 78.6 Å². The van der Waals surface area contributed by atoms with E-state index < -0.39 is 0 Å². The molecule has 0 unspecified atom stereocenters. The Morgan fingerprint density at radius 3 is 2.03 bits per heavy atom. The minimum absolute atomic E-state index is 0. The Kier molecular flexibility index (Phi) is 11.1. The van der Waals surface area contributed by atoms with Crippen LogP contribution in [0.3, 0.4) is 0 Å². The molecule has 0 N–H and O–H groups in total. The molecule has 0 radical (unpaired) electrons. The van der Waals surface area contributed by atoms with Crippen LogP contribution in [-0.4, -0.2) is 15.6 Å². The first-order valence-corrected chi connectivity index (χ1v) is 22.3. The van der Waals surface area contributed by atoms with Crippen LogP contribution in [0, 0.1) is 23.5 Å². The summed E-state index contributed by atoms with van der Waals surface area (Å²) in [4.78, 5) is 4.84. The zero-order chi connectivity index (χ0) is 45.4. The van der Waals surface area contributed by atoms with Gasteiger partial charge in [-0.3, -0.25) is 0 Å². The maximum atomic E-state index is 9.83. The number of nitrogens with zero attached hydrogens (tertiary/aromatic N) is 5. The summed E-state index contributed by atoms with van der Waals surface area (Å²) in [6.45, 7) is 20.3. The summed E-state index contributed by atoms with van der Waals surface area (Å²) < 4.78 is 13.1. The van der Waals surface area contributed by atoms with Crippen LogP contribution in [0.2, 0.25) is 0 Å². The number of fused-ring (bicyclic) bond motifs is 5. The fourth-order valence-corrected chi connectivity index (χ4v) is 8.85. The van der Waals surface area contributed by atoms with Crippen LogP contribution < -0.4 is 13.9 Å². The predicted octanol–water partition coefficient (Wildman–Crippen LogP) is 15.0. The molecule has 0 bridgehead atoms. The molecule has 326 valence electrons. The zero-order valence-electron chi connectivity index (χ0n) is 38.8. The Morgan fingerprint density at radius 2 is 1.29 bits per heavy atom. The third-order valence-electron chi connectivity index (χ3n) is 12.5. The van der Waals surface area contributed by atoms with Gasteiger partial charge in [0.25, 0.3) is 5.69 Å². The summed E-state index contributed by atoms with van der Waals surface area (Å²) in [7, 11) is 0. The van der Waals surface area contributed by atoms with Crippen molar-refractivity contribution < 1.29 is 25.8 Å². The van der Waals surface area contributed by atoms with Crippen LogP contribution in [0.25, 0.3) is 49.5 Å². The summed E-state index contributed by atoms with van der Waals surface area (Å²) in [5.74, 6) is 1.85. The number of rotatable bonds is 6. The topological polar surface area (TPSA) is 56.9 Å². The minimum atomic E-state index is -0.0756. The maximum Gasteiger partial charge on any atom is 2.00 e. The van der Waals surface area contributed by atoms with E-state index in [1.807, 2.05) is 48.7 Å². The van der Waals surface area contributed by atoms with Crippen molar-refractivity contribution in [1.82, 2.24) is 18.7 Å². The number of para-hydroxylation sites is 1. The minimum Gasteiger partial charge on any atom is -0.509 e. The van der Waals surface area contributed by atoms with Crippen molar-refractivity contribution in [3.05, 3.63) is 180 Å². The Morgan fingerprint density at radius 1 is 0.606 bits per heavy atom. The second kappa shape index (κ2) is 16.5. The van der Waals surface area contributed by atoms with Gasteiger partial charge in [-0.1, -0.05) is 139 Å². The van der Waals surface area contributed by atoms with E-state index in [1.54, 1.807) is 0 Å². The van der Waals surface area contributed by atoms with Gasteiger partial charge in [-0.05, 0) is 95.6 Å². The van der Waals surface area contributed by atoms with Crippen molar-refractivity contribution in [3.8, 4) is 34.5 Å². The first-order chi connectivity index (χ1) is 31.0. The molecule has 0 fully saturated rings.